The summed E-state index contributed by atoms with van der Waals surface area (Å²) in [6, 6.07) is -2.98. The first-order valence-electron chi connectivity index (χ1n) is 30.5. The van der Waals surface area contributed by atoms with Crippen molar-refractivity contribution in [3.63, 3.8) is 0 Å². The molecule has 1 aliphatic carbocycles. The molecule has 19 unspecified atom stereocenters. The number of amides is 2. The number of rotatable bonds is 24. The van der Waals surface area contributed by atoms with Crippen molar-refractivity contribution in [2.24, 2.45) is 11.8 Å². The van der Waals surface area contributed by atoms with Gasteiger partial charge in [0.15, 0.2) is 36.2 Å². The third kappa shape index (κ3) is 18.4. The maximum atomic E-state index is 14.5. The molecule has 0 bridgehead atoms. The summed E-state index contributed by atoms with van der Waals surface area (Å²) in [4.78, 5) is 62.8. The number of nitrogens with zero attached hydrogens (tertiary/aromatic N) is 1. The lowest BCUT2D eigenvalue weighted by molar-refractivity contribution is -0.340. The van der Waals surface area contributed by atoms with E-state index in [1.165, 1.54) is 65.4 Å². The molecule has 516 valence electrons. The van der Waals surface area contributed by atoms with Gasteiger partial charge in [-0.2, -0.15) is 5.48 Å². The van der Waals surface area contributed by atoms with E-state index >= 15 is 0 Å². The number of hydroxylamine groups is 1. The number of alkyl carbamates (subject to hydrolysis) is 1. The van der Waals surface area contributed by atoms with Crippen LogP contribution in [0, 0.1) is 46.0 Å². The predicted octanol–water partition coefficient (Wildman–Crippen LogP) is 4.98. The zero-order valence-corrected chi connectivity index (χ0v) is 59.5. The van der Waals surface area contributed by atoms with Crippen LogP contribution in [0.15, 0.2) is 23.8 Å². The summed E-state index contributed by atoms with van der Waals surface area (Å²) < 4.78 is 73.4. The number of allylic oxidation sites excluding steroid dienone is 2. The van der Waals surface area contributed by atoms with E-state index in [4.69, 9.17) is 61.7 Å². The fraction of sp³-hybridized carbons (Fsp3) is 0.714. The van der Waals surface area contributed by atoms with Crippen LogP contribution in [0.4, 0.5) is 4.79 Å². The van der Waals surface area contributed by atoms with Gasteiger partial charge < -0.3 is 92.6 Å². The van der Waals surface area contributed by atoms with E-state index in [1.54, 1.807) is 64.2 Å². The zero-order chi connectivity index (χ0) is 68.1. The van der Waals surface area contributed by atoms with Crippen molar-refractivity contribution in [1.29, 1.82) is 0 Å². The number of aliphatic hydroxyl groups is 5. The minimum atomic E-state index is -1.75. The van der Waals surface area contributed by atoms with Crippen molar-refractivity contribution < 1.29 is 106 Å². The first kappa shape index (κ1) is 77.5. The topological polar surface area (TPSA) is 317 Å². The highest BCUT2D eigenvalue weighted by molar-refractivity contribution is 14.1. The van der Waals surface area contributed by atoms with Crippen LogP contribution in [0.3, 0.4) is 0 Å². The number of methoxy groups -OCH3 is 5. The molecule has 1 aromatic rings. The van der Waals surface area contributed by atoms with Crippen molar-refractivity contribution in [3.05, 3.63) is 38.5 Å². The smallest absolute Gasteiger partial charge is 0.407 e. The Morgan fingerprint density at radius 1 is 0.870 bits per heavy atom. The van der Waals surface area contributed by atoms with Gasteiger partial charge in [0.2, 0.25) is 23.1 Å². The molecule has 25 nitrogen and oxygen atoms in total. The van der Waals surface area contributed by atoms with Gasteiger partial charge in [-0.3, -0.25) is 19.2 Å². The van der Waals surface area contributed by atoms with Gasteiger partial charge in [0.05, 0.1) is 90.5 Å². The number of ketones is 1. The first-order chi connectivity index (χ1) is 43.7. The maximum absolute atomic E-state index is 14.5. The summed E-state index contributed by atoms with van der Waals surface area (Å²) in [5.74, 6) is 9.81. The van der Waals surface area contributed by atoms with E-state index in [0.717, 1.165) is 11.8 Å². The number of Topliss-reactive ketones (excluding diaryl/α,β-unsaturated/α-hetero) is 1. The Labute approximate surface area is 565 Å². The standard InChI is InChI=1S/C63H92IN3O22S3/c1-17-19-20-21-22-23-41(46-37(24-25-90-92-31(5)6)63(76,30(3)4)28-40(70)49(46)65-62(75)81-16)86-61-56(87-43-27-42(77-12)38(29-82-43)67(18-2)36(11)68)51(72)48(33(8)84-61)66-89-44-26-39(69)58(35(10)83-44)91-59(74)45-32(7)47(64)54(57(80-15)53(45)78-13)88-60-52(73)55(79-14)50(71)34(9)85-60/h20-21,24,30-31,33-35,38-39,41-44,46,48-52,55-56,58,60-61,66,69,71-73,76H,18,25-29H2,1-16H3,(H,65,75)/b21-20-,37-24+/t33?,34?,35?,38?,39?,41-,42?,43?,44?,46?,48?,49?,50?,51?,52?,55?,56?,58?,60?,61?,63+/m0/s1. The average molecular weight is 1470 g/mol. The number of hydrogen-bond acceptors (Lipinski definition) is 26. The van der Waals surface area contributed by atoms with E-state index in [0.29, 0.717) is 27.0 Å². The number of carbonyl (C=O) groups excluding carboxylic acids is 4. The number of likely N-dealkylation sites (N-methyl/N-ethyl adjacent to an activating group) is 1. The molecule has 0 spiro atoms. The van der Waals surface area contributed by atoms with Crippen LogP contribution in [0.2, 0.25) is 0 Å². The normalized spacial score (nSPS) is 34.2. The second kappa shape index (κ2) is 35.6. The van der Waals surface area contributed by atoms with Crippen LogP contribution in [0.1, 0.15) is 104 Å². The average Bonchev–Trinajstić information content (AvgIpc) is 0.759. The Morgan fingerprint density at radius 3 is 2.15 bits per heavy atom. The Kier molecular flexibility index (Phi) is 30.0. The van der Waals surface area contributed by atoms with Crippen LogP contribution >= 0.6 is 55.9 Å². The molecule has 29 heteroatoms. The summed E-state index contributed by atoms with van der Waals surface area (Å²) in [7, 11) is 9.91. The molecule has 4 aliphatic heterocycles. The predicted molar refractivity (Wildman–Crippen MR) is 351 cm³/mol. The van der Waals surface area contributed by atoms with E-state index in [9.17, 15) is 44.7 Å². The number of halogens is 1. The maximum Gasteiger partial charge on any atom is 0.407 e. The minimum absolute atomic E-state index is 0.00898. The fourth-order valence-electron chi connectivity index (χ4n) is 11.9. The number of thioether (sulfide) groups is 1. The van der Waals surface area contributed by atoms with Crippen molar-refractivity contribution >= 4 is 78.8 Å². The largest absolute Gasteiger partial charge is 0.492 e. The van der Waals surface area contributed by atoms with E-state index < -0.39 is 150 Å². The number of benzene rings is 1. The molecule has 21 atom stereocenters. The second-order valence-corrected chi connectivity index (χ2v) is 28.6. The van der Waals surface area contributed by atoms with Gasteiger partial charge >= 0.3 is 6.09 Å². The molecule has 4 heterocycles. The summed E-state index contributed by atoms with van der Waals surface area (Å²) in [6.45, 7) is 19.6. The lowest BCUT2D eigenvalue weighted by Crippen LogP contribution is -2.66. The quantitative estimate of drug-likeness (QED) is 0.0179. The monoisotopic (exact) mass is 1470 g/mol. The van der Waals surface area contributed by atoms with Crippen molar-refractivity contribution in [1.82, 2.24) is 15.7 Å². The third-order valence-corrected chi connectivity index (χ3v) is 22.3. The molecule has 4 saturated heterocycles. The highest BCUT2D eigenvalue weighted by Crippen LogP contribution is 2.50. The first-order valence-corrected chi connectivity index (χ1v) is 34.8. The van der Waals surface area contributed by atoms with Crippen LogP contribution < -0.4 is 25.0 Å². The number of nitrogens with one attached hydrogen (secondary N) is 2. The van der Waals surface area contributed by atoms with Gasteiger partial charge in [-0.25, -0.2) is 4.79 Å². The molecule has 92 heavy (non-hydrogen) atoms. The zero-order valence-electron chi connectivity index (χ0n) is 54.9. The van der Waals surface area contributed by atoms with Gasteiger partial charge in [-0.15, -0.1) is 5.92 Å². The molecule has 5 fully saturated rings. The lowest BCUT2D eigenvalue weighted by Gasteiger charge is -2.49. The molecule has 1 saturated carbocycles. The number of carbonyl (C=O) groups is 4. The van der Waals surface area contributed by atoms with E-state index in [-0.39, 0.29) is 59.8 Å². The van der Waals surface area contributed by atoms with Crippen molar-refractivity contribution in [2.75, 3.05) is 54.5 Å². The molecular formula is C63H92IN3O22S3. The van der Waals surface area contributed by atoms with Gasteiger partial charge in [0, 0.05) is 63.9 Å². The SMILES string of the molecule is CC#C/C=C\C#C[C@H](OC1OC(C)C(NOC2CC(O)C(SC(=O)c3c(C)c(I)c(OC4OC(C)C(O)C(OC)C4O)c(OC)c3OC)C(C)O2)C(O)C1OC1CC(OC)C(N(CC)C(C)=O)CO1)C1/C(=C\CSSC(C)C)[C@](O)(C(C)C)CC(=O)C1NC(=O)OC. The van der Waals surface area contributed by atoms with Crippen molar-refractivity contribution in [3.8, 4) is 40.9 Å². The lowest BCUT2D eigenvalue weighted by atomic mass is 9.64. The number of ether oxygens (including phenoxy) is 12. The Bertz CT molecular complexity index is 2860. The van der Waals surface area contributed by atoms with Crippen LogP contribution in [-0.4, -0.2) is 234 Å². The highest BCUT2D eigenvalue weighted by atomic mass is 127. The summed E-state index contributed by atoms with van der Waals surface area (Å²) >= 11 is 2.81. The summed E-state index contributed by atoms with van der Waals surface area (Å²) in [5, 5.41) is 60.6. The van der Waals surface area contributed by atoms with Gasteiger partial charge in [-0.05, 0) is 93.3 Å². The Morgan fingerprint density at radius 2 is 1.55 bits per heavy atom. The van der Waals surface area contributed by atoms with Crippen LogP contribution in [0.5, 0.6) is 17.2 Å². The third-order valence-electron chi connectivity index (χ3n) is 16.8. The second-order valence-electron chi connectivity index (χ2n) is 23.4. The summed E-state index contributed by atoms with van der Waals surface area (Å²) in [6.07, 6.45) is -14.1. The Hall–Kier alpha value is -3.52. The van der Waals surface area contributed by atoms with Crippen LogP contribution in [-0.2, 0) is 57.1 Å². The minimum Gasteiger partial charge on any atom is -0.492 e. The molecule has 5 aliphatic rings. The molecule has 7 N–H and O–H groups in total. The van der Waals surface area contributed by atoms with Crippen molar-refractivity contribution in [2.45, 2.75) is 222 Å². The molecule has 6 rings (SSSR count). The summed E-state index contributed by atoms with van der Waals surface area (Å²) in [5.41, 5.74) is 2.09. The van der Waals surface area contributed by atoms with Gasteiger partial charge in [0.25, 0.3) is 0 Å². The molecule has 0 radical (unpaired) electrons. The highest BCUT2D eigenvalue weighted by Gasteiger charge is 2.56. The number of hydrogen-bond donors (Lipinski definition) is 7. The van der Waals surface area contributed by atoms with E-state index in [2.05, 4.69) is 48.3 Å². The molecule has 2 amide bonds. The molecule has 0 aromatic heterocycles. The van der Waals surface area contributed by atoms with E-state index in [1.807, 2.05) is 35.6 Å². The molecule has 1 aromatic carbocycles. The van der Waals surface area contributed by atoms with Crippen LogP contribution in [0.25, 0.3) is 0 Å². The number of aliphatic hydroxyl groups excluding tert-OH is 4. The molecular weight excluding hydrogens is 1370 g/mol. The van der Waals surface area contributed by atoms with Gasteiger partial charge in [0.1, 0.15) is 42.7 Å². The fourth-order valence-corrected chi connectivity index (χ4v) is 15.5. The van der Waals surface area contributed by atoms with Gasteiger partial charge in [-0.1, -0.05) is 84.9 Å². The Balaban J connectivity index is 1.30.